The van der Waals surface area contributed by atoms with E-state index in [1.165, 1.54) is 6.92 Å². The van der Waals surface area contributed by atoms with E-state index in [1.807, 2.05) is 50.2 Å². The molecule has 0 spiro atoms. The van der Waals surface area contributed by atoms with Crippen molar-refractivity contribution in [2.75, 3.05) is 0 Å². The van der Waals surface area contributed by atoms with Crippen LogP contribution in [0.15, 0.2) is 48.7 Å². The molecular formula is C21H26N3O3. The molecule has 6 nitrogen and oxygen atoms in total. The van der Waals surface area contributed by atoms with Crippen LogP contribution >= 0.6 is 0 Å². The zero-order chi connectivity index (χ0) is 19.8. The molecule has 0 bridgehead atoms. The summed E-state index contributed by atoms with van der Waals surface area (Å²) in [5.74, 6) is -0.578. The molecule has 0 saturated heterocycles. The number of carbonyl (C=O) groups excluding carboxylic acids is 2. The standard InChI is InChI=1S/C21H26N3O3/c1-14(2)9-11-23-21(27)19(15(3)25)24-20(26)18-13-17(10-12-22-18)16-7-5-4-6-8-16/h4-8,10-15,19,25H,9H2,1-3H3,(H,23,27)(H,24,26)/t15-,19+/m1/s1. The van der Waals surface area contributed by atoms with Gasteiger partial charge in [-0.15, -0.1) is 0 Å². The Morgan fingerprint density at radius 3 is 2.44 bits per heavy atom. The van der Waals surface area contributed by atoms with E-state index < -0.39 is 24.0 Å². The summed E-state index contributed by atoms with van der Waals surface area (Å²) in [6.07, 6.45) is 1.21. The molecular weight excluding hydrogens is 342 g/mol. The third kappa shape index (κ3) is 6.18. The average Bonchev–Trinajstić information content (AvgIpc) is 2.66. The third-order valence-corrected chi connectivity index (χ3v) is 3.98. The molecule has 1 heterocycles. The summed E-state index contributed by atoms with van der Waals surface area (Å²) in [4.78, 5) is 28.9. The highest BCUT2D eigenvalue weighted by Crippen LogP contribution is 2.18. The zero-order valence-corrected chi connectivity index (χ0v) is 15.8. The van der Waals surface area contributed by atoms with Crippen LogP contribution in [-0.4, -0.2) is 34.1 Å². The number of carbonyl (C=O) groups is 2. The van der Waals surface area contributed by atoms with Crippen LogP contribution < -0.4 is 10.6 Å². The van der Waals surface area contributed by atoms with Gasteiger partial charge in [-0.2, -0.15) is 0 Å². The summed E-state index contributed by atoms with van der Waals surface area (Å²) < 4.78 is 0. The molecule has 2 atom stereocenters. The highest BCUT2D eigenvalue weighted by atomic mass is 16.3. The van der Waals surface area contributed by atoms with Gasteiger partial charge >= 0.3 is 0 Å². The van der Waals surface area contributed by atoms with Crippen molar-refractivity contribution in [1.29, 1.82) is 0 Å². The molecule has 0 saturated carbocycles. The predicted octanol–water partition coefficient (Wildman–Crippen LogP) is 2.55. The quantitative estimate of drug-likeness (QED) is 0.668. The largest absolute Gasteiger partial charge is 0.391 e. The van der Waals surface area contributed by atoms with Crippen LogP contribution in [0.25, 0.3) is 11.1 Å². The van der Waals surface area contributed by atoms with Gasteiger partial charge in [0.1, 0.15) is 11.7 Å². The Morgan fingerprint density at radius 1 is 1.11 bits per heavy atom. The van der Waals surface area contributed by atoms with Gasteiger partial charge in [0.25, 0.3) is 5.91 Å². The maximum atomic E-state index is 12.6. The smallest absolute Gasteiger partial charge is 0.270 e. The molecule has 0 unspecified atom stereocenters. The second-order valence-corrected chi connectivity index (χ2v) is 6.83. The van der Waals surface area contributed by atoms with Crippen molar-refractivity contribution >= 4 is 11.8 Å². The van der Waals surface area contributed by atoms with Gasteiger partial charge in [-0.05, 0) is 42.5 Å². The zero-order valence-electron chi connectivity index (χ0n) is 15.8. The second kappa shape index (κ2) is 9.83. The van der Waals surface area contributed by atoms with E-state index in [-0.39, 0.29) is 5.69 Å². The van der Waals surface area contributed by atoms with E-state index in [2.05, 4.69) is 15.6 Å². The van der Waals surface area contributed by atoms with Gasteiger partial charge in [-0.3, -0.25) is 14.6 Å². The predicted molar refractivity (Wildman–Crippen MR) is 105 cm³/mol. The molecule has 143 valence electrons. The monoisotopic (exact) mass is 368 g/mol. The van der Waals surface area contributed by atoms with Crippen LogP contribution in [0.3, 0.4) is 0 Å². The summed E-state index contributed by atoms with van der Waals surface area (Å²) >= 11 is 0. The van der Waals surface area contributed by atoms with Crippen LogP contribution in [0.4, 0.5) is 0 Å². The molecule has 2 amide bonds. The number of hydrogen-bond donors (Lipinski definition) is 3. The first kappa shape index (κ1) is 20.6. The van der Waals surface area contributed by atoms with E-state index in [9.17, 15) is 14.7 Å². The molecule has 1 radical (unpaired) electrons. The fourth-order valence-electron chi connectivity index (χ4n) is 2.47. The minimum absolute atomic E-state index is 0.181. The SMILES string of the molecule is CC(C)C[CH]NC(=O)[C@@H](NC(=O)c1cc(-c2ccccc2)ccn1)[C@@H](C)O. The van der Waals surface area contributed by atoms with E-state index in [4.69, 9.17) is 0 Å². The fourth-order valence-corrected chi connectivity index (χ4v) is 2.47. The summed E-state index contributed by atoms with van der Waals surface area (Å²) in [5.41, 5.74) is 1.99. The number of amides is 2. The maximum Gasteiger partial charge on any atom is 0.270 e. The lowest BCUT2D eigenvalue weighted by molar-refractivity contribution is -0.124. The average molecular weight is 368 g/mol. The number of nitrogens with zero attached hydrogens (tertiary/aromatic N) is 1. The summed E-state index contributed by atoms with van der Waals surface area (Å²) in [6, 6.07) is 12.0. The van der Waals surface area contributed by atoms with Gasteiger partial charge in [0.2, 0.25) is 5.91 Å². The van der Waals surface area contributed by atoms with Gasteiger partial charge < -0.3 is 15.7 Å². The molecule has 3 N–H and O–H groups in total. The van der Waals surface area contributed by atoms with Crippen LogP contribution in [0.1, 0.15) is 37.7 Å². The Kier molecular flexibility index (Phi) is 7.49. The summed E-state index contributed by atoms with van der Waals surface area (Å²) in [7, 11) is 0. The van der Waals surface area contributed by atoms with Crippen LogP contribution in [0, 0.1) is 12.5 Å². The van der Waals surface area contributed by atoms with E-state index in [1.54, 1.807) is 18.8 Å². The lowest BCUT2D eigenvalue weighted by atomic mass is 10.1. The maximum absolute atomic E-state index is 12.6. The molecule has 2 rings (SSSR count). The molecule has 0 fully saturated rings. The number of benzene rings is 1. The first-order chi connectivity index (χ1) is 12.9. The fraction of sp³-hybridized carbons (Fsp3) is 0.333. The molecule has 2 aromatic rings. The van der Waals surface area contributed by atoms with Crippen molar-refractivity contribution in [3.63, 3.8) is 0 Å². The Morgan fingerprint density at radius 2 is 1.81 bits per heavy atom. The molecule has 0 aliphatic heterocycles. The number of rotatable bonds is 8. The van der Waals surface area contributed by atoms with Crippen LogP contribution in [0.2, 0.25) is 0 Å². The van der Waals surface area contributed by atoms with Crippen LogP contribution in [-0.2, 0) is 4.79 Å². The van der Waals surface area contributed by atoms with Crippen molar-refractivity contribution in [2.24, 2.45) is 5.92 Å². The topological polar surface area (TPSA) is 91.3 Å². The molecule has 1 aromatic heterocycles. The van der Waals surface area contributed by atoms with E-state index >= 15 is 0 Å². The number of aromatic nitrogens is 1. The molecule has 0 aliphatic rings. The normalized spacial score (nSPS) is 13.1. The minimum Gasteiger partial charge on any atom is -0.391 e. The highest BCUT2D eigenvalue weighted by Gasteiger charge is 2.26. The lowest BCUT2D eigenvalue weighted by Gasteiger charge is -2.21. The van der Waals surface area contributed by atoms with Gasteiger partial charge in [0.15, 0.2) is 0 Å². The second-order valence-electron chi connectivity index (χ2n) is 6.83. The lowest BCUT2D eigenvalue weighted by Crippen LogP contribution is -2.52. The molecule has 0 aliphatic carbocycles. The molecule has 27 heavy (non-hydrogen) atoms. The number of aliphatic hydroxyl groups excluding tert-OH is 1. The Labute approximate surface area is 160 Å². The Balaban J connectivity index is 2.08. The first-order valence-electron chi connectivity index (χ1n) is 9.01. The van der Waals surface area contributed by atoms with Crippen molar-refractivity contribution in [3.8, 4) is 11.1 Å². The van der Waals surface area contributed by atoms with Crippen molar-refractivity contribution in [1.82, 2.24) is 15.6 Å². The van der Waals surface area contributed by atoms with Gasteiger partial charge in [-0.1, -0.05) is 44.2 Å². The van der Waals surface area contributed by atoms with Crippen molar-refractivity contribution in [2.45, 2.75) is 39.3 Å². The Bertz CT molecular complexity index is 760. The van der Waals surface area contributed by atoms with E-state index in [0.29, 0.717) is 12.3 Å². The third-order valence-electron chi connectivity index (χ3n) is 3.98. The van der Waals surface area contributed by atoms with Crippen molar-refractivity contribution < 1.29 is 14.7 Å². The number of hydrogen-bond acceptors (Lipinski definition) is 4. The first-order valence-corrected chi connectivity index (χ1v) is 9.01. The number of nitrogens with one attached hydrogen (secondary N) is 2. The van der Waals surface area contributed by atoms with Crippen LogP contribution in [0.5, 0.6) is 0 Å². The number of aliphatic hydroxyl groups is 1. The summed E-state index contributed by atoms with van der Waals surface area (Å²) in [5, 5.41) is 15.1. The Hall–Kier alpha value is -2.73. The van der Waals surface area contributed by atoms with Crippen molar-refractivity contribution in [3.05, 3.63) is 60.9 Å². The summed E-state index contributed by atoms with van der Waals surface area (Å²) in [6.45, 7) is 7.16. The number of pyridine rings is 1. The van der Waals surface area contributed by atoms with Gasteiger partial charge in [0, 0.05) is 12.7 Å². The minimum atomic E-state index is -1.07. The molecule has 1 aromatic carbocycles. The van der Waals surface area contributed by atoms with E-state index in [0.717, 1.165) is 11.1 Å². The van der Waals surface area contributed by atoms with Gasteiger partial charge in [-0.25, -0.2) is 0 Å². The molecule has 6 heteroatoms. The van der Waals surface area contributed by atoms with Gasteiger partial charge in [0.05, 0.1) is 6.10 Å². The highest BCUT2D eigenvalue weighted by molar-refractivity contribution is 5.97.